The van der Waals surface area contributed by atoms with Gasteiger partial charge in [-0.05, 0) is 35.2 Å². The smallest absolute Gasteiger partial charge is 0.146 e. The summed E-state index contributed by atoms with van der Waals surface area (Å²) in [7, 11) is 1.80. The third-order valence-electron chi connectivity index (χ3n) is 2.90. The van der Waals surface area contributed by atoms with Crippen molar-refractivity contribution in [2.75, 3.05) is 24.2 Å². The Morgan fingerprint density at radius 1 is 1.44 bits per heavy atom. The quantitative estimate of drug-likeness (QED) is 0.785. The van der Waals surface area contributed by atoms with Crippen LogP contribution in [-0.4, -0.2) is 34.3 Å². The second-order valence-corrected chi connectivity index (χ2v) is 4.86. The summed E-state index contributed by atoms with van der Waals surface area (Å²) in [5.41, 5.74) is -0.551. The molecule has 16 heavy (non-hydrogen) atoms. The van der Waals surface area contributed by atoms with Gasteiger partial charge < -0.3 is 15.7 Å². The van der Waals surface area contributed by atoms with Gasteiger partial charge in [0.25, 0.3) is 0 Å². The third-order valence-corrected chi connectivity index (χ3v) is 3.65. The number of hydrogen-bond acceptors (Lipinski definition) is 5. The predicted molar refractivity (Wildman–Crippen MR) is 66.6 cm³/mol. The molecule has 0 bridgehead atoms. The summed E-state index contributed by atoms with van der Waals surface area (Å²) >= 11 is 3.42. The molecule has 1 heterocycles. The first kappa shape index (κ1) is 11.6. The topological polar surface area (TPSA) is 70.1 Å². The van der Waals surface area contributed by atoms with Crippen LogP contribution in [0.25, 0.3) is 0 Å². The van der Waals surface area contributed by atoms with E-state index < -0.39 is 5.60 Å². The molecule has 1 fully saturated rings. The molecular formula is C10H15BrN4O. The normalized spacial score (nSPS) is 17.7. The van der Waals surface area contributed by atoms with Gasteiger partial charge in [-0.15, -0.1) is 0 Å². The maximum Gasteiger partial charge on any atom is 0.146 e. The molecule has 0 aromatic carbocycles. The van der Waals surface area contributed by atoms with Crippen LogP contribution in [0.15, 0.2) is 10.8 Å². The first-order chi connectivity index (χ1) is 7.64. The molecule has 0 aliphatic heterocycles. The fourth-order valence-corrected chi connectivity index (χ4v) is 2.22. The highest BCUT2D eigenvalue weighted by molar-refractivity contribution is 9.10. The Morgan fingerprint density at radius 2 is 2.12 bits per heavy atom. The Hall–Kier alpha value is -0.880. The van der Waals surface area contributed by atoms with E-state index in [-0.39, 0.29) is 0 Å². The highest BCUT2D eigenvalue weighted by Gasteiger charge is 2.34. The molecular weight excluding hydrogens is 272 g/mol. The van der Waals surface area contributed by atoms with Crippen molar-refractivity contribution in [3.05, 3.63) is 10.8 Å². The zero-order valence-corrected chi connectivity index (χ0v) is 10.7. The molecule has 6 heteroatoms. The van der Waals surface area contributed by atoms with Crippen LogP contribution in [0.1, 0.15) is 19.3 Å². The third kappa shape index (κ3) is 2.27. The van der Waals surface area contributed by atoms with Crippen LogP contribution < -0.4 is 10.6 Å². The van der Waals surface area contributed by atoms with Gasteiger partial charge in [-0.3, -0.25) is 0 Å². The molecule has 1 aliphatic carbocycles. The van der Waals surface area contributed by atoms with Crippen molar-refractivity contribution in [2.24, 2.45) is 0 Å². The summed E-state index contributed by atoms with van der Waals surface area (Å²) in [6.07, 6.45) is 4.32. The van der Waals surface area contributed by atoms with Gasteiger partial charge in [-0.1, -0.05) is 0 Å². The van der Waals surface area contributed by atoms with E-state index in [0.717, 1.165) is 29.6 Å². The SMILES string of the molecule is CNc1ncnc(NCC2(O)CCC2)c1Br. The molecule has 88 valence electrons. The summed E-state index contributed by atoms with van der Waals surface area (Å²) in [4.78, 5) is 8.19. The van der Waals surface area contributed by atoms with E-state index in [9.17, 15) is 5.11 Å². The molecule has 0 atom stereocenters. The Bertz CT molecular complexity index is 381. The van der Waals surface area contributed by atoms with Crippen molar-refractivity contribution in [1.29, 1.82) is 0 Å². The van der Waals surface area contributed by atoms with Crippen LogP contribution in [0, 0.1) is 0 Å². The predicted octanol–water partition coefficient (Wildman–Crippen LogP) is 1.61. The van der Waals surface area contributed by atoms with Gasteiger partial charge >= 0.3 is 0 Å². The van der Waals surface area contributed by atoms with E-state index >= 15 is 0 Å². The molecule has 1 aliphatic rings. The van der Waals surface area contributed by atoms with E-state index in [1.165, 1.54) is 6.33 Å². The van der Waals surface area contributed by atoms with E-state index in [2.05, 4.69) is 36.5 Å². The zero-order chi connectivity index (χ0) is 11.6. The lowest BCUT2D eigenvalue weighted by atomic mass is 9.80. The minimum absolute atomic E-state index is 0.533. The molecule has 0 radical (unpaired) electrons. The van der Waals surface area contributed by atoms with Gasteiger partial charge in [-0.25, -0.2) is 9.97 Å². The molecule has 0 amide bonds. The second-order valence-electron chi connectivity index (χ2n) is 4.07. The Labute approximate surface area is 103 Å². The van der Waals surface area contributed by atoms with Crippen LogP contribution in [0.2, 0.25) is 0 Å². The number of halogens is 1. The van der Waals surface area contributed by atoms with Crippen LogP contribution >= 0.6 is 15.9 Å². The number of aliphatic hydroxyl groups is 1. The molecule has 2 rings (SSSR count). The second kappa shape index (κ2) is 4.55. The first-order valence-electron chi connectivity index (χ1n) is 5.29. The highest BCUT2D eigenvalue weighted by Crippen LogP contribution is 2.33. The molecule has 0 unspecified atom stereocenters. The van der Waals surface area contributed by atoms with Crippen LogP contribution in [-0.2, 0) is 0 Å². The van der Waals surface area contributed by atoms with Crippen molar-refractivity contribution in [3.8, 4) is 0 Å². The largest absolute Gasteiger partial charge is 0.388 e. The van der Waals surface area contributed by atoms with E-state index in [0.29, 0.717) is 12.4 Å². The van der Waals surface area contributed by atoms with Crippen LogP contribution in [0.5, 0.6) is 0 Å². The lowest BCUT2D eigenvalue weighted by Gasteiger charge is -2.36. The molecule has 0 saturated heterocycles. The summed E-state index contributed by atoms with van der Waals surface area (Å²) in [6, 6.07) is 0. The van der Waals surface area contributed by atoms with Gasteiger partial charge in [0.2, 0.25) is 0 Å². The fourth-order valence-electron chi connectivity index (χ4n) is 1.68. The summed E-state index contributed by atoms with van der Waals surface area (Å²) in [5, 5.41) is 16.1. The van der Waals surface area contributed by atoms with Crippen molar-refractivity contribution in [3.63, 3.8) is 0 Å². The average Bonchev–Trinajstić information content (AvgIpc) is 2.25. The molecule has 5 nitrogen and oxygen atoms in total. The van der Waals surface area contributed by atoms with Crippen LogP contribution in [0.3, 0.4) is 0 Å². The van der Waals surface area contributed by atoms with E-state index in [1.54, 1.807) is 7.05 Å². The van der Waals surface area contributed by atoms with Crippen LogP contribution in [0.4, 0.5) is 11.6 Å². The van der Waals surface area contributed by atoms with Crippen molar-refractivity contribution in [2.45, 2.75) is 24.9 Å². The average molecular weight is 287 g/mol. The molecule has 1 aromatic rings. The first-order valence-corrected chi connectivity index (χ1v) is 6.08. The number of nitrogens with one attached hydrogen (secondary N) is 2. The molecule has 3 N–H and O–H groups in total. The monoisotopic (exact) mass is 286 g/mol. The number of nitrogens with zero attached hydrogens (tertiary/aromatic N) is 2. The summed E-state index contributed by atoms with van der Waals surface area (Å²) in [5.74, 6) is 1.44. The molecule has 0 spiro atoms. The van der Waals surface area contributed by atoms with Gasteiger partial charge in [0.1, 0.15) is 22.4 Å². The Kier molecular flexibility index (Phi) is 3.30. The highest BCUT2D eigenvalue weighted by atomic mass is 79.9. The Morgan fingerprint density at radius 3 is 2.69 bits per heavy atom. The lowest BCUT2D eigenvalue weighted by molar-refractivity contribution is -0.0202. The standard InChI is InChI=1S/C10H15BrN4O/c1-12-8-7(11)9(15-6-14-8)13-5-10(16)3-2-4-10/h6,16H,2-5H2,1H3,(H2,12,13,14,15). The lowest BCUT2D eigenvalue weighted by Crippen LogP contribution is -2.43. The summed E-state index contributed by atoms with van der Waals surface area (Å²) < 4.78 is 0.792. The van der Waals surface area contributed by atoms with Gasteiger partial charge in [0.05, 0.1) is 5.60 Å². The van der Waals surface area contributed by atoms with Crippen molar-refractivity contribution in [1.82, 2.24) is 9.97 Å². The van der Waals surface area contributed by atoms with Gasteiger partial charge in [0, 0.05) is 13.6 Å². The zero-order valence-electron chi connectivity index (χ0n) is 9.13. The molecule has 1 aromatic heterocycles. The minimum atomic E-state index is -0.551. The number of anilines is 2. The fraction of sp³-hybridized carbons (Fsp3) is 0.600. The summed E-state index contributed by atoms with van der Waals surface area (Å²) in [6.45, 7) is 0.533. The maximum atomic E-state index is 9.95. The van der Waals surface area contributed by atoms with Crippen molar-refractivity contribution < 1.29 is 5.11 Å². The maximum absolute atomic E-state index is 9.95. The van der Waals surface area contributed by atoms with E-state index in [1.807, 2.05) is 0 Å². The van der Waals surface area contributed by atoms with Crippen molar-refractivity contribution >= 4 is 27.6 Å². The van der Waals surface area contributed by atoms with Gasteiger partial charge in [-0.2, -0.15) is 0 Å². The number of aromatic nitrogens is 2. The minimum Gasteiger partial charge on any atom is -0.388 e. The number of rotatable bonds is 4. The van der Waals surface area contributed by atoms with Gasteiger partial charge in [0.15, 0.2) is 0 Å². The van der Waals surface area contributed by atoms with E-state index in [4.69, 9.17) is 0 Å². The Balaban J connectivity index is 2.03. The number of hydrogen-bond donors (Lipinski definition) is 3. The molecule has 1 saturated carbocycles.